The van der Waals surface area contributed by atoms with E-state index >= 15 is 0 Å². The lowest BCUT2D eigenvalue weighted by molar-refractivity contribution is -0.858. The summed E-state index contributed by atoms with van der Waals surface area (Å²) in [4.78, 5) is 29.2. The average Bonchev–Trinajstić information content (AvgIpc) is 3.11. The SMILES string of the molecule is COc1ccc(C2C(=C([O-])c3ccc(OCC(C)C)c(C)c3)C(=O)C(=O)N2CCC[NH+](C)C)cc1OC. The van der Waals surface area contributed by atoms with Crippen molar-refractivity contribution in [3.8, 4) is 17.2 Å². The van der Waals surface area contributed by atoms with Crippen LogP contribution in [0.25, 0.3) is 5.76 Å². The highest BCUT2D eigenvalue weighted by Crippen LogP contribution is 2.41. The molecular weight excluding hydrogens is 472 g/mol. The van der Waals surface area contributed by atoms with Crippen LogP contribution in [0.4, 0.5) is 0 Å². The lowest BCUT2D eigenvalue weighted by atomic mass is 9.94. The first-order valence-electron chi connectivity index (χ1n) is 12.6. The summed E-state index contributed by atoms with van der Waals surface area (Å²) in [6.45, 7) is 7.71. The molecule has 0 saturated carbocycles. The Morgan fingerprint density at radius 3 is 2.30 bits per heavy atom. The van der Waals surface area contributed by atoms with E-state index in [0.29, 0.717) is 53.9 Å². The summed E-state index contributed by atoms with van der Waals surface area (Å²) >= 11 is 0. The van der Waals surface area contributed by atoms with E-state index in [2.05, 4.69) is 13.8 Å². The predicted molar refractivity (Wildman–Crippen MR) is 140 cm³/mol. The van der Waals surface area contributed by atoms with E-state index in [1.165, 1.54) is 24.0 Å². The fourth-order valence-electron chi connectivity index (χ4n) is 4.44. The van der Waals surface area contributed by atoms with E-state index in [9.17, 15) is 14.7 Å². The Balaban J connectivity index is 2.10. The molecule has 1 unspecified atom stereocenters. The lowest BCUT2D eigenvalue weighted by Gasteiger charge is -2.28. The van der Waals surface area contributed by atoms with Crippen LogP contribution in [0.5, 0.6) is 17.2 Å². The van der Waals surface area contributed by atoms with Gasteiger partial charge < -0.3 is 29.1 Å². The summed E-state index contributed by atoms with van der Waals surface area (Å²) in [5.74, 6) is 0.139. The van der Waals surface area contributed by atoms with Gasteiger partial charge in [0.2, 0.25) is 5.78 Å². The molecule has 2 aromatic carbocycles. The van der Waals surface area contributed by atoms with Crippen LogP contribution in [-0.2, 0) is 9.59 Å². The molecule has 0 spiro atoms. The molecule has 1 aliphatic heterocycles. The van der Waals surface area contributed by atoms with Gasteiger partial charge in [0.25, 0.3) is 5.91 Å². The number of aryl methyl sites for hydroxylation is 1. The van der Waals surface area contributed by atoms with Crippen molar-refractivity contribution in [2.45, 2.75) is 33.2 Å². The number of benzene rings is 2. The predicted octanol–water partition coefficient (Wildman–Crippen LogP) is 1.81. The quantitative estimate of drug-likeness (QED) is 0.282. The first-order valence-corrected chi connectivity index (χ1v) is 12.6. The number of rotatable bonds is 11. The number of carbonyl (C=O) groups is 2. The van der Waals surface area contributed by atoms with Gasteiger partial charge in [-0.25, -0.2) is 0 Å². The number of likely N-dealkylation sites (tertiary alicyclic amines) is 1. The Labute approximate surface area is 219 Å². The summed E-state index contributed by atoms with van der Waals surface area (Å²) in [5.41, 5.74) is 1.70. The highest BCUT2D eigenvalue weighted by Gasteiger charge is 2.44. The van der Waals surface area contributed by atoms with Gasteiger partial charge in [-0.3, -0.25) is 9.59 Å². The van der Waals surface area contributed by atoms with Crippen molar-refractivity contribution in [3.63, 3.8) is 0 Å². The molecule has 1 fully saturated rings. The van der Waals surface area contributed by atoms with E-state index in [4.69, 9.17) is 14.2 Å². The van der Waals surface area contributed by atoms with E-state index in [1.807, 2.05) is 21.0 Å². The van der Waals surface area contributed by atoms with Crippen LogP contribution in [0.15, 0.2) is 42.0 Å². The second-order valence-corrected chi connectivity index (χ2v) is 10.1. The standard InChI is InChI=1S/C29H38N2O6/c1-18(2)17-37-22-11-10-21(15-19(22)3)27(32)25-26(20-9-12-23(35-6)24(16-20)36-7)31(29(34)28(25)33)14-8-13-30(4)5/h9-12,15-16,18,26,32H,8,13-14,17H2,1-7H3. The normalized spacial score (nSPS) is 17.1. The van der Waals surface area contributed by atoms with Crippen LogP contribution >= 0.6 is 0 Å². The number of nitrogens with one attached hydrogen (secondary N) is 1. The molecule has 1 N–H and O–H groups in total. The number of nitrogens with zero attached hydrogens (tertiary/aromatic N) is 1. The largest absolute Gasteiger partial charge is 0.872 e. The van der Waals surface area contributed by atoms with Crippen LogP contribution in [-0.4, -0.2) is 64.6 Å². The van der Waals surface area contributed by atoms with Crippen molar-refractivity contribution in [1.82, 2.24) is 4.90 Å². The molecule has 1 atom stereocenters. The van der Waals surface area contributed by atoms with Gasteiger partial charge >= 0.3 is 0 Å². The number of amides is 1. The third kappa shape index (κ3) is 6.25. The van der Waals surface area contributed by atoms with Crippen molar-refractivity contribution in [3.05, 3.63) is 58.7 Å². The van der Waals surface area contributed by atoms with Crippen molar-refractivity contribution >= 4 is 17.4 Å². The molecule has 1 amide bonds. The smallest absolute Gasteiger partial charge is 0.295 e. The maximum Gasteiger partial charge on any atom is 0.295 e. The topological polar surface area (TPSA) is 92.6 Å². The maximum absolute atomic E-state index is 13.8. The second kappa shape index (κ2) is 12.1. The third-order valence-corrected chi connectivity index (χ3v) is 6.34. The number of carbonyl (C=O) groups excluding carboxylic acids is 2. The van der Waals surface area contributed by atoms with Crippen LogP contribution in [0.1, 0.15) is 43.0 Å². The molecule has 0 bridgehead atoms. The number of hydrogen-bond acceptors (Lipinski definition) is 6. The minimum Gasteiger partial charge on any atom is -0.872 e. The van der Waals surface area contributed by atoms with Gasteiger partial charge in [-0.1, -0.05) is 31.7 Å². The number of methoxy groups -OCH3 is 2. The molecule has 2 aromatic rings. The fourth-order valence-corrected chi connectivity index (χ4v) is 4.44. The highest BCUT2D eigenvalue weighted by molar-refractivity contribution is 6.46. The zero-order valence-electron chi connectivity index (χ0n) is 22.8. The fraction of sp³-hybridized carbons (Fsp3) is 0.448. The number of hydrogen-bond donors (Lipinski definition) is 1. The monoisotopic (exact) mass is 510 g/mol. The minimum atomic E-state index is -0.818. The number of quaternary nitrogens is 1. The summed E-state index contributed by atoms with van der Waals surface area (Å²) in [6.07, 6.45) is 0.688. The van der Waals surface area contributed by atoms with Gasteiger partial charge in [0.15, 0.2) is 11.5 Å². The molecule has 8 nitrogen and oxygen atoms in total. The zero-order chi connectivity index (χ0) is 27.3. The summed E-state index contributed by atoms with van der Waals surface area (Å²) < 4.78 is 16.7. The average molecular weight is 511 g/mol. The summed E-state index contributed by atoms with van der Waals surface area (Å²) in [5, 5.41) is 13.8. The van der Waals surface area contributed by atoms with Crippen molar-refractivity contribution in [1.29, 1.82) is 0 Å². The Morgan fingerprint density at radius 2 is 1.70 bits per heavy atom. The molecule has 0 aliphatic carbocycles. The van der Waals surface area contributed by atoms with Gasteiger partial charge in [0.05, 0.1) is 47.5 Å². The maximum atomic E-state index is 13.8. The number of ether oxygens (including phenoxy) is 3. The summed E-state index contributed by atoms with van der Waals surface area (Å²) in [6, 6.07) is 9.50. The first kappa shape index (κ1) is 28.1. The van der Waals surface area contributed by atoms with Crippen LogP contribution in [0.2, 0.25) is 0 Å². The highest BCUT2D eigenvalue weighted by atomic mass is 16.5. The van der Waals surface area contributed by atoms with Gasteiger partial charge in [-0.05, 0) is 53.8 Å². The van der Waals surface area contributed by atoms with E-state index in [0.717, 1.165) is 12.1 Å². The molecule has 0 aromatic heterocycles. The third-order valence-electron chi connectivity index (χ3n) is 6.34. The second-order valence-electron chi connectivity index (χ2n) is 10.1. The Hall–Kier alpha value is -3.52. The van der Waals surface area contributed by atoms with Gasteiger partial charge in [-0.15, -0.1) is 0 Å². The Bertz CT molecular complexity index is 1170. The molecule has 3 rings (SSSR count). The van der Waals surface area contributed by atoms with Crippen LogP contribution < -0.4 is 24.2 Å². The van der Waals surface area contributed by atoms with E-state index in [-0.39, 0.29) is 5.57 Å². The van der Waals surface area contributed by atoms with Crippen molar-refractivity contribution in [2.24, 2.45) is 5.92 Å². The molecule has 200 valence electrons. The van der Waals surface area contributed by atoms with Gasteiger partial charge in [0.1, 0.15) is 5.75 Å². The number of ketones is 1. The van der Waals surface area contributed by atoms with Gasteiger partial charge in [-0.2, -0.15) is 0 Å². The molecule has 0 radical (unpaired) electrons. The number of Topliss-reactive ketones (excluding diaryl/α,β-unsaturated/α-hetero) is 1. The molecule has 37 heavy (non-hydrogen) atoms. The molecular formula is C29H38N2O6. The molecule has 8 heteroatoms. The van der Waals surface area contributed by atoms with Crippen LogP contribution in [0, 0.1) is 12.8 Å². The van der Waals surface area contributed by atoms with Gasteiger partial charge in [0, 0.05) is 18.5 Å². The van der Waals surface area contributed by atoms with E-state index < -0.39 is 23.5 Å². The molecule has 1 saturated heterocycles. The van der Waals surface area contributed by atoms with E-state index in [1.54, 1.807) is 36.4 Å². The van der Waals surface area contributed by atoms with Crippen molar-refractivity contribution < 1.29 is 33.8 Å². The lowest BCUT2D eigenvalue weighted by Crippen LogP contribution is -3.05. The minimum absolute atomic E-state index is 0.0512. The Kier molecular flexibility index (Phi) is 9.21. The molecule has 1 aliphatic rings. The molecule has 1 heterocycles. The zero-order valence-corrected chi connectivity index (χ0v) is 22.8. The van der Waals surface area contributed by atoms with Crippen molar-refractivity contribution in [2.75, 3.05) is 48.0 Å². The van der Waals surface area contributed by atoms with Crippen LogP contribution in [0.3, 0.4) is 0 Å². The summed E-state index contributed by atoms with van der Waals surface area (Å²) in [7, 11) is 7.11. The Morgan fingerprint density at radius 1 is 1.03 bits per heavy atom. The first-order chi connectivity index (χ1) is 17.6.